The van der Waals surface area contributed by atoms with Gasteiger partial charge in [0.1, 0.15) is 5.41 Å². The summed E-state index contributed by atoms with van der Waals surface area (Å²) in [7, 11) is 5.52. The quantitative estimate of drug-likeness (QED) is 0.154. The highest BCUT2D eigenvalue weighted by Crippen LogP contribution is 2.52. The van der Waals surface area contributed by atoms with E-state index in [4.69, 9.17) is 28.4 Å². The number of benzene rings is 2. The summed E-state index contributed by atoms with van der Waals surface area (Å²) in [5, 5.41) is 10.5. The number of fused-ring (bicyclic) bond motifs is 2. The van der Waals surface area contributed by atoms with Crippen LogP contribution in [0.1, 0.15) is 96.6 Å². The molecule has 0 fully saturated rings. The Kier molecular flexibility index (Phi) is 12.5. The third-order valence-electron chi connectivity index (χ3n) is 9.50. The van der Waals surface area contributed by atoms with Crippen LogP contribution in [0.3, 0.4) is 0 Å². The molecule has 248 valence electrons. The number of hydrogen-bond acceptors (Lipinski definition) is 8. The van der Waals surface area contributed by atoms with Crippen molar-refractivity contribution in [1.82, 2.24) is 4.90 Å². The summed E-state index contributed by atoms with van der Waals surface area (Å²) in [6.45, 7) is 10.5. The Balaban J connectivity index is 1.58. The van der Waals surface area contributed by atoms with Gasteiger partial charge in [0.15, 0.2) is 23.0 Å². The molecule has 0 bridgehead atoms. The van der Waals surface area contributed by atoms with Crippen LogP contribution in [0.4, 0.5) is 0 Å². The van der Waals surface area contributed by atoms with E-state index in [0.717, 1.165) is 80.4 Å². The number of nitriles is 1. The molecule has 2 aliphatic heterocycles. The summed E-state index contributed by atoms with van der Waals surface area (Å²) < 4.78 is 37.2. The van der Waals surface area contributed by atoms with E-state index >= 15 is 0 Å². The minimum Gasteiger partial charge on any atom is -0.490 e. The number of ether oxygens (including phenoxy) is 6. The number of unbranched alkanes of at least 4 members (excludes halogenated alkanes) is 4. The predicted octanol–water partition coefficient (Wildman–Crippen LogP) is 8.33. The lowest BCUT2D eigenvalue weighted by Crippen LogP contribution is -2.44. The van der Waals surface area contributed by atoms with Gasteiger partial charge in [-0.1, -0.05) is 65.5 Å². The topological polar surface area (TPSA) is 82.4 Å². The van der Waals surface area contributed by atoms with Gasteiger partial charge in [0, 0.05) is 23.7 Å². The summed E-state index contributed by atoms with van der Waals surface area (Å²) in [4.78, 5) is 2.40. The van der Waals surface area contributed by atoms with Crippen molar-refractivity contribution < 1.29 is 28.4 Å². The molecule has 0 radical (unpaired) electrons. The molecule has 2 heterocycles. The number of para-hydroxylation sites is 2. The number of likely N-dealkylation sites (N-methyl/N-ethyl adjacent to an activating group) is 1. The fraction of sp³-hybridized carbons (Fsp3) is 0.649. The average Bonchev–Trinajstić information content (AvgIpc) is 3.48. The van der Waals surface area contributed by atoms with Crippen molar-refractivity contribution in [2.75, 3.05) is 34.5 Å². The van der Waals surface area contributed by atoms with E-state index in [-0.39, 0.29) is 12.0 Å². The molecule has 0 spiro atoms. The summed E-state index contributed by atoms with van der Waals surface area (Å²) in [6.07, 6.45) is 9.08. The van der Waals surface area contributed by atoms with Gasteiger partial charge in [-0.3, -0.25) is 4.90 Å². The van der Waals surface area contributed by atoms with E-state index < -0.39 is 11.7 Å². The van der Waals surface area contributed by atoms with Gasteiger partial charge in [0.25, 0.3) is 6.29 Å². The molecule has 0 saturated heterocycles. The Bertz CT molecular complexity index is 1270. The monoisotopic (exact) mass is 622 g/mol. The molecule has 2 aliphatic rings. The van der Waals surface area contributed by atoms with Crippen molar-refractivity contribution in [1.29, 1.82) is 5.26 Å². The largest absolute Gasteiger partial charge is 0.490 e. The van der Waals surface area contributed by atoms with Crippen LogP contribution in [-0.2, 0) is 13.0 Å². The SMILES string of the molecule is CCCCCOc1c2c(c(OCCCCC)c(OC)c1OC)CN(C)C(CCCC(C#N)(C(C)C)C1Oc3ccccc3O1)C2. The lowest BCUT2D eigenvalue weighted by atomic mass is 9.73. The van der Waals surface area contributed by atoms with Gasteiger partial charge < -0.3 is 28.4 Å². The first-order valence-corrected chi connectivity index (χ1v) is 16.9. The van der Waals surface area contributed by atoms with Crippen LogP contribution in [-0.4, -0.2) is 51.7 Å². The zero-order valence-corrected chi connectivity index (χ0v) is 28.6. The molecule has 0 aliphatic carbocycles. The van der Waals surface area contributed by atoms with Crippen molar-refractivity contribution >= 4 is 0 Å². The molecule has 8 nitrogen and oxygen atoms in total. The third-order valence-corrected chi connectivity index (χ3v) is 9.50. The minimum absolute atomic E-state index is 0.0545. The van der Waals surface area contributed by atoms with E-state index in [1.54, 1.807) is 14.2 Å². The molecule has 0 aromatic heterocycles. The molecule has 2 aromatic carbocycles. The van der Waals surface area contributed by atoms with Crippen LogP contribution < -0.4 is 28.4 Å². The summed E-state index contributed by atoms with van der Waals surface area (Å²) in [6, 6.07) is 10.6. The second kappa shape index (κ2) is 16.3. The van der Waals surface area contributed by atoms with Crippen molar-refractivity contribution in [2.24, 2.45) is 11.3 Å². The molecule has 4 rings (SSSR count). The predicted molar refractivity (Wildman–Crippen MR) is 177 cm³/mol. The molecular weight excluding hydrogens is 568 g/mol. The second-order valence-corrected chi connectivity index (χ2v) is 12.8. The van der Waals surface area contributed by atoms with Gasteiger partial charge in [-0.2, -0.15) is 5.26 Å². The Morgan fingerprint density at radius 3 is 1.91 bits per heavy atom. The van der Waals surface area contributed by atoms with Gasteiger partial charge in [-0.15, -0.1) is 0 Å². The first-order valence-electron chi connectivity index (χ1n) is 16.9. The zero-order chi connectivity index (χ0) is 32.4. The number of methoxy groups -OCH3 is 2. The van der Waals surface area contributed by atoms with E-state index in [9.17, 15) is 5.26 Å². The Hall–Kier alpha value is -3.31. The average molecular weight is 623 g/mol. The van der Waals surface area contributed by atoms with Gasteiger partial charge in [0.2, 0.25) is 11.5 Å². The highest BCUT2D eigenvalue weighted by atomic mass is 16.7. The molecule has 0 saturated carbocycles. The Labute approximate surface area is 270 Å². The van der Waals surface area contributed by atoms with Crippen LogP contribution in [0.15, 0.2) is 24.3 Å². The maximum Gasteiger partial charge on any atom is 0.260 e. The summed E-state index contributed by atoms with van der Waals surface area (Å²) >= 11 is 0. The first-order chi connectivity index (χ1) is 21.8. The van der Waals surface area contributed by atoms with Crippen molar-refractivity contribution in [3.8, 4) is 40.6 Å². The van der Waals surface area contributed by atoms with Crippen LogP contribution in [0.25, 0.3) is 0 Å². The highest BCUT2D eigenvalue weighted by Gasteiger charge is 2.48. The van der Waals surface area contributed by atoms with E-state index in [2.05, 4.69) is 45.7 Å². The van der Waals surface area contributed by atoms with Crippen molar-refractivity contribution in [3.63, 3.8) is 0 Å². The third kappa shape index (κ3) is 7.57. The summed E-state index contributed by atoms with van der Waals surface area (Å²) in [5.41, 5.74) is 1.49. The molecular formula is C37H54N2O6. The fourth-order valence-corrected chi connectivity index (χ4v) is 6.62. The first kappa shape index (κ1) is 34.6. The maximum atomic E-state index is 10.5. The van der Waals surface area contributed by atoms with Crippen LogP contribution in [0, 0.1) is 22.7 Å². The minimum atomic E-state index is -0.770. The molecule has 2 atom stereocenters. The van der Waals surface area contributed by atoms with Gasteiger partial charge >= 0.3 is 0 Å². The lowest BCUT2D eigenvalue weighted by Gasteiger charge is -2.38. The van der Waals surface area contributed by atoms with Crippen LogP contribution in [0.5, 0.6) is 34.5 Å². The maximum absolute atomic E-state index is 10.5. The molecule has 8 heteroatoms. The van der Waals surface area contributed by atoms with E-state index in [0.29, 0.717) is 49.2 Å². The number of rotatable bonds is 18. The van der Waals surface area contributed by atoms with Gasteiger partial charge in [-0.05, 0) is 63.6 Å². The Morgan fingerprint density at radius 1 is 0.867 bits per heavy atom. The number of hydrogen-bond donors (Lipinski definition) is 0. The number of nitrogens with zero attached hydrogens (tertiary/aromatic N) is 2. The smallest absolute Gasteiger partial charge is 0.260 e. The van der Waals surface area contributed by atoms with Gasteiger partial charge in [0.05, 0.1) is 33.5 Å². The molecule has 2 aromatic rings. The van der Waals surface area contributed by atoms with Crippen LogP contribution in [0.2, 0.25) is 0 Å². The standard InChI is InChI=1S/C37H54N2O6/c1-8-10-14-21-42-32-28-23-27(39(5)24-29(28)33(43-22-15-11-9-2)35(41-7)34(32)40-6)17-16-20-37(25-38,26(3)4)36-44-30-18-12-13-19-31(30)45-36/h12-13,18-19,26-27,36H,8-11,14-17,20-24H2,1-7H3. The molecule has 0 N–H and O–H groups in total. The van der Waals surface area contributed by atoms with Crippen molar-refractivity contribution in [3.05, 3.63) is 35.4 Å². The lowest BCUT2D eigenvalue weighted by molar-refractivity contribution is -0.0656. The highest BCUT2D eigenvalue weighted by molar-refractivity contribution is 5.68. The summed E-state index contributed by atoms with van der Waals surface area (Å²) in [5.74, 6) is 4.23. The van der Waals surface area contributed by atoms with E-state index in [1.165, 1.54) is 0 Å². The Morgan fingerprint density at radius 2 is 1.42 bits per heavy atom. The van der Waals surface area contributed by atoms with Crippen molar-refractivity contribution in [2.45, 2.75) is 111 Å². The normalized spacial score (nSPS) is 17.4. The van der Waals surface area contributed by atoms with E-state index in [1.807, 2.05) is 24.3 Å². The van der Waals surface area contributed by atoms with Gasteiger partial charge in [-0.25, -0.2) is 0 Å². The fourth-order valence-electron chi connectivity index (χ4n) is 6.62. The second-order valence-electron chi connectivity index (χ2n) is 12.8. The van der Waals surface area contributed by atoms with Crippen LogP contribution >= 0.6 is 0 Å². The molecule has 2 unspecified atom stereocenters. The zero-order valence-electron chi connectivity index (χ0n) is 28.6. The molecule has 0 amide bonds. The molecule has 45 heavy (non-hydrogen) atoms.